The molecule has 9 heteroatoms. The molecule has 0 saturated heterocycles. The predicted octanol–water partition coefficient (Wildman–Crippen LogP) is 4.61. The Morgan fingerprint density at radius 3 is 2.39 bits per heavy atom. The third kappa shape index (κ3) is 4.47. The quantitative estimate of drug-likeness (QED) is 0.763. The Morgan fingerprint density at radius 1 is 1.13 bits per heavy atom. The van der Waals surface area contributed by atoms with E-state index in [9.17, 15) is 26.3 Å². The Kier molecular flexibility index (Phi) is 4.69. The van der Waals surface area contributed by atoms with Crippen LogP contribution in [0.1, 0.15) is 17.0 Å². The number of hydrogen-bond acceptors (Lipinski definition) is 3. The van der Waals surface area contributed by atoms with E-state index in [0.717, 1.165) is 18.2 Å². The first kappa shape index (κ1) is 17.3. The van der Waals surface area contributed by atoms with E-state index in [0.29, 0.717) is 0 Å². The van der Waals surface area contributed by atoms with Crippen LogP contribution in [-0.4, -0.2) is 18.3 Å². The highest BCUT2D eigenvalue weighted by molar-refractivity contribution is 5.55. The van der Waals surface area contributed by atoms with Gasteiger partial charge in [-0.25, -0.2) is 4.98 Å². The fourth-order valence-electron chi connectivity index (χ4n) is 1.91. The van der Waals surface area contributed by atoms with E-state index in [1.54, 1.807) is 0 Å². The van der Waals surface area contributed by atoms with E-state index < -0.39 is 30.1 Å². The molecule has 0 amide bonds. The Balaban J connectivity index is 2.42. The highest BCUT2D eigenvalue weighted by Crippen LogP contribution is 2.33. The van der Waals surface area contributed by atoms with E-state index in [1.807, 2.05) is 0 Å². The third-order valence-corrected chi connectivity index (χ3v) is 2.86. The first-order valence-corrected chi connectivity index (χ1v) is 6.32. The Morgan fingerprint density at radius 2 is 1.83 bits per heavy atom. The molecule has 126 valence electrons. The molecule has 0 aliphatic heterocycles. The van der Waals surface area contributed by atoms with Crippen molar-refractivity contribution in [3.05, 3.63) is 41.3 Å². The van der Waals surface area contributed by atoms with Crippen molar-refractivity contribution in [3.8, 4) is 11.5 Å². The molecule has 2 aromatic rings. The summed E-state index contributed by atoms with van der Waals surface area (Å²) >= 11 is 0. The van der Waals surface area contributed by atoms with Gasteiger partial charge >= 0.3 is 12.4 Å². The molecule has 0 radical (unpaired) electrons. The van der Waals surface area contributed by atoms with Gasteiger partial charge in [0.25, 0.3) is 0 Å². The first-order valence-electron chi connectivity index (χ1n) is 6.32. The number of methoxy groups -OCH3 is 1. The minimum Gasteiger partial charge on any atom is -0.440 e. The van der Waals surface area contributed by atoms with E-state index in [4.69, 9.17) is 9.15 Å². The van der Waals surface area contributed by atoms with Crippen molar-refractivity contribution in [1.29, 1.82) is 0 Å². The molecule has 0 N–H and O–H groups in total. The summed E-state index contributed by atoms with van der Waals surface area (Å²) in [7, 11) is 1.26. The number of nitrogens with zero attached hydrogens (tertiary/aromatic N) is 1. The van der Waals surface area contributed by atoms with Gasteiger partial charge in [-0.05, 0) is 18.2 Å². The zero-order valence-corrected chi connectivity index (χ0v) is 11.8. The Bertz CT molecular complexity index is 675. The SMILES string of the molecule is COCc1nc(-c2cccc(C(F)(F)F)c2)oc1CC(F)(F)F. The van der Waals surface area contributed by atoms with Crippen LogP contribution < -0.4 is 0 Å². The Labute approximate surface area is 126 Å². The number of hydrogen-bond donors (Lipinski definition) is 0. The number of rotatable bonds is 4. The Hall–Kier alpha value is -2.03. The molecule has 1 heterocycles. The van der Waals surface area contributed by atoms with Gasteiger partial charge in [-0.15, -0.1) is 0 Å². The van der Waals surface area contributed by atoms with E-state index in [-0.39, 0.29) is 23.8 Å². The molecule has 0 spiro atoms. The minimum atomic E-state index is -4.58. The molecular weight excluding hydrogens is 328 g/mol. The van der Waals surface area contributed by atoms with Gasteiger partial charge in [0.05, 0.1) is 12.2 Å². The van der Waals surface area contributed by atoms with Crippen LogP contribution in [0.4, 0.5) is 26.3 Å². The highest BCUT2D eigenvalue weighted by Gasteiger charge is 2.33. The molecule has 23 heavy (non-hydrogen) atoms. The number of oxazole rings is 1. The monoisotopic (exact) mass is 339 g/mol. The van der Waals surface area contributed by atoms with E-state index >= 15 is 0 Å². The van der Waals surface area contributed by atoms with Gasteiger partial charge in [-0.1, -0.05) is 6.07 Å². The number of aromatic nitrogens is 1. The molecular formula is C14H11F6NO2. The van der Waals surface area contributed by atoms with Crippen molar-refractivity contribution < 1.29 is 35.5 Å². The maximum atomic E-state index is 12.7. The largest absolute Gasteiger partial charge is 0.440 e. The van der Waals surface area contributed by atoms with Crippen LogP contribution in [0.25, 0.3) is 11.5 Å². The topological polar surface area (TPSA) is 35.3 Å². The lowest BCUT2D eigenvalue weighted by molar-refractivity contribution is -0.137. The fourth-order valence-corrected chi connectivity index (χ4v) is 1.91. The molecule has 3 nitrogen and oxygen atoms in total. The number of halogens is 6. The summed E-state index contributed by atoms with van der Waals surface area (Å²) in [6.07, 6.45) is -10.5. The molecule has 0 fully saturated rings. The van der Waals surface area contributed by atoms with Crippen LogP contribution in [0, 0.1) is 0 Å². The molecule has 1 aromatic carbocycles. The molecule has 0 unspecified atom stereocenters. The van der Waals surface area contributed by atoms with Gasteiger partial charge in [0, 0.05) is 12.7 Å². The summed E-state index contributed by atoms with van der Waals surface area (Å²) in [6.45, 7) is -0.242. The van der Waals surface area contributed by atoms with Gasteiger partial charge in [0.1, 0.15) is 17.9 Å². The van der Waals surface area contributed by atoms with Crippen molar-refractivity contribution in [3.63, 3.8) is 0 Å². The number of alkyl halides is 6. The van der Waals surface area contributed by atoms with Crippen LogP contribution in [0.3, 0.4) is 0 Å². The summed E-state index contributed by atoms with van der Waals surface area (Å²) < 4.78 is 85.4. The van der Waals surface area contributed by atoms with Crippen molar-refractivity contribution in [1.82, 2.24) is 4.98 Å². The third-order valence-electron chi connectivity index (χ3n) is 2.86. The second kappa shape index (κ2) is 6.23. The van der Waals surface area contributed by atoms with E-state index in [1.165, 1.54) is 13.2 Å². The maximum Gasteiger partial charge on any atom is 0.416 e. The van der Waals surface area contributed by atoms with Gasteiger partial charge in [0.15, 0.2) is 0 Å². The van der Waals surface area contributed by atoms with Crippen molar-refractivity contribution in [2.45, 2.75) is 25.4 Å². The number of benzene rings is 1. The van der Waals surface area contributed by atoms with Crippen molar-refractivity contribution in [2.75, 3.05) is 7.11 Å². The maximum absolute atomic E-state index is 12.7. The average Bonchev–Trinajstić information content (AvgIpc) is 2.79. The summed E-state index contributed by atoms with van der Waals surface area (Å²) in [5.74, 6) is -0.797. The number of ether oxygens (including phenoxy) is 1. The molecule has 0 saturated carbocycles. The normalized spacial score (nSPS) is 12.7. The summed E-state index contributed by atoms with van der Waals surface area (Å²) in [5, 5.41) is 0. The van der Waals surface area contributed by atoms with Gasteiger partial charge in [0.2, 0.25) is 5.89 Å². The second-order valence-electron chi connectivity index (χ2n) is 4.69. The first-order chi connectivity index (χ1) is 10.6. The lowest BCUT2D eigenvalue weighted by Gasteiger charge is -2.07. The van der Waals surface area contributed by atoms with Gasteiger partial charge in [-0.3, -0.25) is 0 Å². The molecule has 2 rings (SSSR count). The van der Waals surface area contributed by atoms with Crippen LogP contribution >= 0.6 is 0 Å². The van der Waals surface area contributed by atoms with E-state index in [2.05, 4.69) is 4.98 Å². The van der Waals surface area contributed by atoms with Crippen molar-refractivity contribution >= 4 is 0 Å². The van der Waals surface area contributed by atoms with Crippen LogP contribution in [0.5, 0.6) is 0 Å². The minimum absolute atomic E-state index is 0.0643. The smallest absolute Gasteiger partial charge is 0.416 e. The molecule has 0 aliphatic rings. The van der Waals surface area contributed by atoms with Crippen LogP contribution in [0.15, 0.2) is 28.7 Å². The van der Waals surface area contributed by atoms with Gasteiger partial charge < -0.3 is 9.15 Å². The van der Waals surface area contributed by atoms with Crippen LogP contribution in [-0.2, 0) is 23.9 Å². The summed E-state index contributed by atoms with van der Waals surface area (Å²) in [5.41, 5.74) is -1.11. The van der Waals surface area contributed by atoms with Crippen molar-refractivity contribution in [2.24, 2.45) is 0 Å². The zero-order valence-electron chi connectivity index (χ0n) is 11.8. The average molecular weight is 339 g/mol. The molecule has 0 atom stereocenters. The zero-order chi connectivity index (χ0) is 17.3. The van der Waals surface area contributed by atoms with Crippen LogP contribution in [0.2, 0.25) is 0 Å². The standard InChI is InChI=1S/C14H11F6NO2/c1-22-7-10-11(6-13(15,16)17)23-12(21-10)8-3-2-4-9(5-8)14(18,19)20/h2-5H,6-7H2,1H3. The van der Waals surface area contributed by atoms with Gasteiger partial charge in [-0.2, -0.15) is 26.3 Å². The predicted molar refractivity (Wildman–Crippen MR) is 67.4 cm³/mol. The molecule has 1 aromatic heterocycles. The molecule has 0 bridgehead atoms. The lowest BCUT2D eigenvalue weighted by Crippen LogP contribution is -2.12. The molecule has 0 aliphatic carbocycles. The second-order valence-corrected chi connectivity index (χ2v) is 4.69. The fraction of sp³-hybridized carbons (Fsp3) is 0.357. The summed E-state index contributed by atoms with van der Waals surface area (Å²) in [6, 6.07) is 4.01. The highest BCUT2D eigenvalue weighted by atomic mass is 19.4. The lowest BCUT2D eigenvalue weighted by atomic mass is 10.1. The summed E-state index contributed by atoms with van der Waals surface area (Å²) in [4.78, 5) is 3.82.